The standard InChI is InChI=1S/C15H20N4OS/c1-4-19(9-10(2)14(16)21)15(20)13-11-7-5-6-8-12(11)18(3)17-13/h5-8,10H,4,9H2,1-3H3,(H2,16,21). The van der Waals surface area contributed by atoms with E-state index >= 15 is 0 Å². The number of thiocarbonyl (C=S) groups is 1. The number of para-hydroxylation sites is 1. The quantitative estimate of drug-likeness (QED) is 0.858. The molecule has 21 heavy (non-hydrogen) atoms. The van der Waals surface area contributed by atoms with E-state index in [9.17, 15) is 4.79 Å². The molecule has 2 aromatic rings. The van der Waals surface area contributed by atoms with Crippen molar-refractivity contribution in [2.45, 2.75) is 13.8 Å². The first kappa shape index (κ1) is 15.4. The van der Waals surface area contributed by atoms with Crippen molar-refractivity contribution in [3.8, 4) is 0 Å². The van der Waals surface area contributed by atoms with E-state index < -0.39 is 0 Å². The van der Waals surface area contributed by atoms with E-state index in [-0.39, 0.29) is 11.8 Å². The number of aryl methyl sites for hydroxylation is 1. The molecule has 2 N–H and O–H groups in total. The van der Waals surface area contributed by atoms with Gasteiger partial charge in [0.2, 0.25) is 0 Å². The Bertz CT molecular complexity index is 679. The van der Waals surface area contributed by atoms with Crippen LogP contribution in [0.25, 0.3) is 10.9 Å². The molecule has 1 aromatic heterocycles. The Morgan fingerprint density at radius 3 is 2.76 bits per heavy atom. The third kappa shape index (κ3) is 3.05. The van der Waals surface area contributed by atoms with Gasteiger partial charge in [-0.1, -0.05) is 37.3 Å². The van der Waals surface area contributed by atoms with Crippen LogP contribution in [0.5, 0.6) is 0 Å². The van der Waals surface area contributed by atoms with Crippen molar-refractivity contribution in [1.29, 1.82) is 0 Å². The van der Waals surface area contributed by atoms with Crippen molar-refractivity contribution >= 4 is 34.0 Å². The number of carbonyl (C=O) groups is 1. The Morgan fingerprint density at radius 1 is 1.48 bits per heavy atom. The van der Waals surface area contributed by atoms with Gasteiger partial charge in [0.1, 0.15) is 0 Å². The molecule has 0 bridgehead atoms. The molecule has 1 atom stereocenters. The number of carbonyl (C=O) groups excluding carboxylic acids is 1. The van der Waals surface area contributed by atoms with Crippen LogP contribution in [0, 0.1) is 5.92 Å². The fraction of sp³-hybridized carbons (Fsp3) is 0.400. The van der Waals surface area contributed by atoms with E-state index in [0.29, 0.717) is 23.8 Å². The van der Waals surface area contributed by atoms with Crippen molar-refractivity contribution in [3.05, 3.63) is 30.0 Å². The molecule has 0 spiro atoms. The SMILES string of the molecule is CCN(CC(C)C(N)=S)C(=O)c1nn(C)c2ccccc12. The third-order valence-electron chi connectivity index (χ3n) is 3.61. The molecule has 0 radical (unpaired) electrons. The molecule has 1 aromatic carbocycles. The maximum absolute atomic E-state index is 12.7. The van der Waals surface area contributed by atoms with Crippen LogP contribution in [0.3, 0.4) is 0 Å². The highest BCUT2D eigenvalue weighted by Gasteiger charge is 2.22. The van der Waals surface area contributed by atoms with Gasteiger partial charge in [-0.15, -0.1) is 0 Å². The smallest absolute Gasteiger partial charge is 0.275 e. The van der Waals surface area contributed by atoms with Gasteiger partial charge < -0.3 is 10.6 Å². The lowest BCUT2D eigenvalue weighted by atomic mass is 10.1. The number of hydrogen-bond acceptors (Lipinski definition) is 3. The maximum Gasteiger partial charge on any atom is 0.275 e. The van der Waals surface area contributed by atoms with Crippen LogP contribution in [0.2, 0.25) is 0 Å². The maximum atomic E-state index is 12.7. The van der Waals surface area contributed by atoms with Gasteiger partial charge in [0.25, 0.3) is 5.91 Å². The Hall–Kier alpha value is -1.95. The number of rotatable bonds is 5. The number of hydrogen-bond donors (Lipinski definition) is 1. The van der Waals surface area contributed by atoms with Gasteiger partial charge >= 0.3 is 0 Å². The van der Waals surface area contributed by atoms with Crippen LogP contribution in [0.4, 0.5) is 0 Å². The Kier molecular flexibility index (Phi) is 4.57. The van der Waals surface area contributed by atoms with Gasteiger partial charge in [-0.3, -0.25) is 9.48 Å². The van der Waals surface area contributed by atoms with Crippen LogP contribution in [-0.4, -0.2) is 38.7 Å². The topological polar surface area (TPSA) is 64.2 Å². The predicted octanol–water partition coefficient (Wildman–Crippen LogP) is 1.96. The van der Waals surface area contributed by atoms with E-state index in [1.165, 1.54) is 0 Å². The molecule has 0 fully saturated rings. The molecule has 6 heteroatoms. The molecule has 1 heterocycles. The molecule has 1 unspecified atom stereocenters. The van der Waals surface area contributed by atoms with Gasteiger partial charge in [0, 0.05) is 31.4 Å². The van der Waals surface area contributed by atoms with Gasteiger partial charge in [0.05, 0.1) is 10.5 Å². The van der Waals surface area contributed by atoms with Crippen LogP contribution >= 0.6 is 12.2 Å². The monoisotopic (exact) mass is 304 g/mol. The van der Waals surface area contributed by atoms with Crippen molar-refractivity contribution in [3.63, 3.8) is 0 Å². The summed E-state index contributed by atoms with van der Waals surface area (Å²) in [7, 11) is 1.84. The summed E-state index contributed by atoms with van der Waals surface area (Å²) in [6, 6.07) is 7.72. The lowest BCUT2D eigenvalue weighted by Crippen LogP contribution is -2.38. The molecule has 112 valence electrons. The molecular formula is C15H20N4OS. The van der Waals surface area contributed by atoms with Crippen molar-refractivity contribution in [2.75, 3.05) is 13.1 Å². The Labute approximate surface area is 129 Å². The number of amides is 1. The van der Waals surface area contributed by atoms with Crippen molar-refractivity contribution < 1.29 is 4.79 Å². The number of nitrogens with zero attached hydrogens (tertiary/aromatic N) is 3. The van der Waals surface area contributed by atoms with Gasteiger partial charge in [-0.2, -0.15) is 5.10 Å². The van der Waals surface area contributed by atoms with E-state index in [1.807, 2.05) is 45.2 Å². The first-order valence-corrected chi connectivity index (χ1v) is 7.36. The third-order valence-corrected chi connectivity index (χ3v) is 4.01. The average molecular weight is 304 g/mol. The predicted molar refractivity (Wildman–Crippen MR) is 88.2 cm³/mol. The normalized spacial score (nSPS) is 12.3. The highest BCUT2D eigenvalue weighted by Crippen LogP contribution is 2.19. The Morgan fingerprint density at radius 2 is 2.14 bits per heavy atom. The van der Waals surface area contributed by atoms with Crippen molar-refractivity contribution in [1.82, 2.24) is 14.7 Å². The average Bonchev–Trinajstić information content (AvgIpc) is 2.81. The molecule has 0 saturated carbocycles. The summed E-state index contributed by atoms with van der Waals surface area (Å²) >= 11 is 4.99. The summed E-state index contributed by atoms with van der Waals surface area (Å²) in [5.74, 6) is -0.101. The molecule has 0 saturated heterocycles. The zero-order valence-corrected chi connectivity index (χ0v) is 13.4. The highest BCUT2D eigenvalue weighted by molar-refractivity contribution is 7.80. The first-order chi connectivity index (χ1) is 9.95. The summed E-state index contributed by atoms with van der Waals surface area (Å²) in [5.41, 5.74) is 7.07. The second-order valence-electron chi connectivity index (χ2n) is 5.14. The molecule has 2 rings (SSSR count). The fourth-order valence-electron chi connectivity index (χ4n) is 2.30. The zero-order chi connectivity index (χ0) is 15.6. The second kappa shape index (κ2) is 6.22. The molecule has 5 nitrogen and oxygen atoms in total. The van der Waals surface area contributed by atoms with Crippen LogP contribution < -0.4 is 5.73 Å². The minimum atomic E-state index is -0.0857. The van der Waals surface area contributed by atoms with Crippen molar-refractivity contribution in [2.24, 2.45) is 18.7 Å². The lowest BCUT2D eigenvalue weighted by molar-refractivity contribution is 0.0750. The highest BCUT2D eigenvalue weighted by atomic mass is 32.1. The fourth-order valence-corrected chi connectivity index (χ4v) is 2.37. The van der Waals surface area contributed by atoms with Gasteiger partial charge in [-0.05, 0) is 13.0 Å². The summed E-state index contributed by atoms with van der Waals surface area (Å²) in [6.45, 7) is 4.97. The zero-order valence-electron chi connectivity index (χ0n) is 12.5. The van der Waals surface area contributed by atoms with Crippen LogP contribution in [0.15, 0.2) is 24.3 Å². The summed E-state index contributed by atoms with van der Waals surface area (Å²) < 4.78 is 1.73. The number of aromatic nitrogens is 2. The number of fused-ring (bicyclic) bond motifs is 1. The van der Waals surface area contributed by atoms with Gasteiger partial charge in [-0.25, -0.2) is 0 Å². The van der Waals surface area contributed by atoms with E-state index in [2.05, 4.69) is 5.10 Å². The minimum absolute atomic E-state index is 0.0149. The minimum Gasteiger partial charge on any atom is -0.393 e. The first-order valence-electron chi connectivity index (χ1n) is 6.96. The lowest BCUT2D eigenvalue weighted by Gasteiger charge is -2.23. The van der Waals surface area contributed by atoms with E-state index in [4.69, 9.17) is 18.0 Å². The number of benzene rings is 1. The largest absolute Gasteiger partial charge is 0.393 e. The molecule has 0 aliphatic rings. The van der Waals surface area contributed by atoms with Gasteiger partial charge in [0.15, 0.2) is 5.69 Å². The van der Waals surface area contributed by atoms with Crippen LogP contribution in [-0.2, 0) is 7.05 Å². The summed E-state index contributed by atoms with van der Waals surface area (Å²) in [4.78, 5) is 14.9. The summed E-state index contributed by atoms with van der Waals surface area (Å²) in [6.07, 6.45) is 0. The number of nitrogens with two attached hydrogens (primary N) is 1. The second-order valence-corrected chi connectivity index (χ2v) is 5.61. The molecular weight excluding hydrogens is 284 g/mol. The Balaban J connectivity index is 2.34. The van der Waals surface area contributed by atoms with Crippen LogP contribution in [0.1, 0.15) is 24.3 Å². The van der Waals surface area contributed by atoms with E-state index in [1.54, 1.807) is 9.58 Å². The van der Waals surface area contributed by atoms with E-state index in [0.717, 1.165) is 10.9 Å². The molecule has 0 aliphatic heterocycles. The summed E-state index contributed by atoms with van der Waals surface area (Å²) in [5, 5.41) is 5.24. The molecule has 0 aliphatic carbocycles. The molecule has 1 amide bonds.